The number of hydrogen-bond donors (Lipinski definition) is 0. The van der Waals surface area contributed by atoms with Gasteiger partial charge < -0.3 is 4.90 Å². The average Bonchev–Trinajstić information content (AvgIpc) is 2.74. The fourth-order valence-corrected chi connectivity index (χ4v) is 7.08. The lowest BCUT2D eigenvalue weighted by molar-refractivity contribution is 0.402. The van der Waals surface area contributed by atoms with Gasteiger partial charge in [0.1, 0.15) is 0 Å². The molecule has 2 aliphatic heterocycles. The molecule has 2 aliphatic rings. The van der Waals surface area contributed by atoms with Crippen molar-refractivity contribution in [1.82, 2.24) is 4.31 Å². The van der Waals surface area contributed by atoms with E-state index in [1.165, 1.54) is 42.7 Å². The van der Waals surface area contributed by atoms with Gasteiger partial charge in [0.15, 0.2) is 0 Å². The maximum Gasteiger partial charge on any atom is 0.264 e. The van der Waals surface area contributed by atoms with Crippen LogP contribution in [-0.2, 0) is 20.0 Å². The third kappa shape index (κ3) is 3.29. The highest BCUT2D eigenvalue weighted by atomic mass is 32.2. The molecule has 0 radical (unpaired) electrons. The monoisotopic (exact) mass is 449 g/mol. The number of hydrogen-bond acceptors (Lipinski definition) is 5. The Hall–Kier alpha value is -2.10. The van der Waals surface area contributed by atoms with Gasteiger partial charge in [0, 0.05) is 20.6 Å². The molecular weight excluding hydrogens is 422 g/mol. The maximum absolute atomic E-state index is 13.7. The van der Waals surface area contributed by atoms with Crippen LogP contribution in [0, 0.1) is 0 Å². The Kier molecular flexibility index (Phi) is 5.32. The van der Waals surface area contributed by atoms with Gasteiger partial charge in [0.25, 0.3) is 10.0 Å². The van der Waals surface area contributed by atoms with E-state index in [0.717, 1.165) is 35.8 Å². The first kappa shape index (κ1) is 21.1. The van der Waals surface area contributed by atoms with Crippen LogP contribution in [-0.4, -0.2) is 53.9 Å². The first-order chi connectivity index (χ1) is 14.2. The Balaban J connectivity index is 1.78. The molecule has 2 atom stereocenters. The molecule has 0 aromatic heterocycles. The zero-order chi connectivity index (χ0) is 21.7. The van der Waals surface area contributed by atoms with Crippen LogP contribution in [0.2, 0.25) is 0 Å². The van der Waals surface area contributed by atoms with E-state index in [1.807, 2.05) is 31.2 Å². The lowest BCUT2D eigenvalue weighted by Crippen LogP contribution is -2.58. The van der Waals surface area contributed by atoms with Crippen molar-refractivity contribution in [2.45, 2.75) is 48.1 Å². The van der Waals surface area contributed by atoms with Gasteiger partial charge in [-0.05, 0) is 62.6 Å². The lowest BCUT2D eigenvalue weighted by Gasteiger charge is -2.50. The lowest BCUT2D eigenvalue weighted by atomic mass is 9.92. The highest BCUT2D eigenvalue weighted by Gasteiger charge is 2.43. The summed E-state index contributed by atoms with van der Waals surface area (Å²) in [6, 6.07) is 13.0. The number of para-hydroxylation sites is 2. The molecule has 2 aromatic carbocycles. The molecule has 1 fully saturated rings. The van der Waals surface area contributed by atoms with Crippen molar-refractivity contribution >= 4 is 31.4 Å². The molecule has 2 heterocycles. The zero-order valence-corrected chi connectivity index (χ0v) is 19.0. The van der Waals surface area contributed by atoms with Gasteiger partial charge in [-0.1, -0.05) is 12.1 Å². The number of anilines is 2. The summed E-state index contributed by atoms with van der Waals surface area (Å²) in [5.74, 6) is 0. The van der Waals surface area contributed by atoms with Crippen LogP contribution >= 0.6 is 0 Å². The molecular formula is C21H27N3O4S2. The molecule has 1 saturated heterocycles. The zero-order valence-electron chi connectivity index (χ0n) is 17.4. The Morgan fingerprint density at radius 2 is 1.47 bits per heavy atom. The van der Waals surface area contributed by atoms with E-state index >= 15 is 0 Å². The smallest absolute Gasteiger partial charge is 0.264 e. The van der Waals surface area contributed by atoms with Crippen LogP contribution in [0.5, 0.6) is 0 Å². The number of piperidine rings is 1. The first-order valence-electron chi connectivity index (χ1n) is 10.1. The van der Waals surface area contributed by atoms with Gasteiger partial charge in [-0.2, -0.15) is 0 Å². The van der Waals surface area contributed by atoms with Crippen LogP contribution in [0.15, 0.2) is 58.3 Å². The van der Waals surface area contributed by atoms with Gasteiger partial charge in [0.05, 0.1) is 33.2 Å². The summed E-state index contributed by atoms with van der Waals surface area (Å²) in [7, 11) is -4.59. The molecule has 0 spiro atoms. The second-order valence-electron chi connectivity index (χ2n) is 8.05. The van der Waals surface area contributed by atoms with E-state index in [9.17, 15) is 16.8 Å². The van der Waals surface area contributed by atoms with Crippen molar-refractivity contribution < 1.29 is 16.8 Å². The largest absolute Gasteiger partial charge is 0.365 e. The Morgan fingerprint density at radius 1 is 0.867 bits per heavy atom. The number of nitrogens with zero attached hydrogens (tertiary/aromatic N) is 3. The number of benzene rings is 2. The van der Waals surface area contributed by atoms with Gasteiger partial charge >= 0.3 is 0 Å². The van der Waals surface area contributed by atoms with Crippen molar-refractivity contribution in [2.75, 3.05) is 29.8 Å². The SMILES string of the molecule is CC1C2CCCCN2c2ccccc2N1S(=O)(=O)c1ccc(S(=O)(=O)N(C)C)cc1. The second kappa shape index (κ2) is 7.55. The van der Waals surface area contributed by atoms with Crippen molar-refractivity contribution in [2.24, 2.45) is 0 Å². The van der Waals surface area contributed by atoms with Crippen molar-refractivity contribution in [3.8, 4) is 0 Å². The van der Waals surface area contributed by atoms with Crippen LogP contribution in [0.25, 0.3) is 0 Å². The van der Waals surface area contributed by atoms with Crippen molar-refractivity contribution in [1.29, 1.82) is 0 Å². The molecule has 4 rings (SSSR count). The van der Waals surface area contributed by atoms with Gasteiger partial charge in [-0.3, -0.25) is 4.31 Å². The second-order valence-corrected chi connectivity index (χ2v) is 12.0. The molecule has 0 amide bonds. The van der Waals surface area contributed by atoms with Gasteiger partial charge in [0.2, 0.25) is 10.0 Å². The van der Waals surface area contributed by atoms with Crippen molar-refractivity contribution in [3.05, 3.63) is 48.5 Å². The fourth-order valence-electron chi connectivity index (χ4n) is 4.48. The molecule has 162 valence electrons. The normalized spacial score (nSPS) is 22.0. The Morgan fingerprint density at radius 3 is 2.10 bits per heavy atom. The molecule has 30 heavy (non-hydrogen) atoms. The van der Waals surface area contributed by atoms with E-state index in [1.54, 1.807) is 0 Å². The summed E-state index contributed by atoms with van der Waals surface area (Å²) in [5.41, 5.74) is 1.61. The van der Waals surface area contributed by atoms with Crippen LogP contribution in [0.4, 0.5) is 11.4 Å². The first-order valence-corrected chi connectivity index (χ1v) is 13.0. The molecule has 0 saturated carbocycles. The highest BCUT2D eigenvalue weighted by molar-refractivity contribution is 7.93. The standard InChI is InChI=1S/C21H27N3O4S2/c1-16-19-8-6-7-15-23(19)20-9-4-5-10-21(20)24(16)30(27,28)18-13-11-17(12-14-18)29(25,26)22(2)3/h4-5,9-14,16,19H,6-8,15H2,1-3H3. The molecule has 0 bridgehead atoms. The molecule has 2 aromatic rings. The third-order valence-electron chi connectivity index (χ3n) is 6.06. The minimum atomic E-state index is -3.86. The predicted octanol–water partition coefficient (Wildman–Crippen LogP) is 2.89. The van der Waals surface area contributed by atoms with E-state index < -0.39 is 20.0 Å². The number of sulfonamides is 2. The van der Waals surface area contributed by atoms with E-state index in [-0.39, 0.29) is 21.9 Å². The van der Waals surface area contributed by atoms with E-state index in [2.05, 4.69) is 4.90 Å². The Labute approximate surface area is 179 Å². The summed E-state index contributed by atoms with van der Waals surface area (Å²) < 4.78 is 54.6. The topological polar surface area (TPSA) is 78.0 Å². The fraction of sp³-hybridized carbons (Fsp3) is 0.429. The molecule has 7 nitrogen and oxygen atoms in total. The van der Waals surface area contributed by atoms with Crippen LogP contribution < -0.4 is 9.21 Å². The molecule has 2 unspecified atom stereocenters. The minimum absolute atomic E-state index is 0.0667. The highest BCUT2D eigenvalue weighted by Crippen LogP contribution is 2.43. The summed E-state index contributed by atoms with van der Waals surface area (Å²) >= 11 is 0. The summed E-state index contributed by atoms with van der Waals surface area (Å²) in [6.45, 7) is 2.89. The predicted molar refractivity (Wildman–Crippen MR) is 118 cm³/mol. The minimum Gasteiger partial charge on any atom is -0.365 e. The van der Waals surface area contributed by atoms with Gasteiger partial charge in [-0.25, -0.2) is 21.1 Å². The van der Waals surface area contributed by atoms with E-state index in [0.29, 0.717) is 5.69 Å². The number of fused-ring (bicyclic) bond motifs is 3. The summed E-state index contributed by atoms with van der Waals surface area (Å²) in [4.78, 5) is 2.49. The third-order valence-corrected chi connectivity index (χ3v) is 9.81. The number of rotatable bonds is 4. The van der Waals surface area contributed by atoms with Crippen molar-refractivity contribution in [3.63, 3.8) is 0 Å². The maximum atomic E-state index is 13.7. The van der Waals surface area contributed by atoms with Crippen LogP contribution in [0.3, 0.4) is 0 Å². The quantitative estimate of drug-likeness (QED) is 0.717. The molecule has 0 N–H and O–H groups in total. The van der Waals surface area contributed by atoms with Gasteiger partial charge in [-0.15, -0.1) is 0 Å². The summed E-state index contributed by atoms with van der Waals surface area (Å²) in [6.07, 6.45) is 3.13. The molecule has 0 aliphatic carbocycles. The Bertz CT molecular complexity index is 1150. The van der Waals surface area contributed by atoms with E-state index in [4.69, 9.17) is 0 Å². The molecule has 9 heteroatoms. The van der Waals surface area contributed by atoms with Crippen LogP contribution in [0.1, 0.15) is 26.2 Å². The summed E-state index contributed by atoms with van der Waals surface area (Å²) in [5, 5.41) is 0. The average molecular weight is 450 g/mol.